The van der Waals surface area contributed by atoms with E-state index in [4.69, 9.17) is 23.2 Å². The molecule has 16 heavy (non-hydrogen) atoms. The third-order valence-electron chi connectivity index (χ3n) is 2.15. The molecule has 0 spiro atoms. The maximum absolute atomic E-state index is 11.1. The first-order valence-corrected chi connectivity index (χ1v) is 6.10. The number of carbonyl (C=O) groups excluding carboxylic acids is 1. The minimum atomic E-state index is -0.321. The van der Waals surface area contributed by atoms with E-state index >= 15 is 0 Å². The number of nitrogens with zero attached hydrogens (tertiary/aromatic N) is 1. The van der Waals surface area contributed by atoms with E-state index in [0.29, 0.717) is 9.49 Å². The van der Waals surface area contributed by atoms with Crippen LogP contribution >= 0.6 is 34.5 Å². The van der Waals surface area contributed by atoms with Gasteiger partial charge in [0.2, 0.25) is 0 Å². The largest absolute Gasteiger partial charge is 0.302 e. The van der Waals surface area contributed by atoms with Gasteiger partial charge in [-0.3, -0.25) is 0 Å². The second-order valence-corrected chi connectivity index (χ2v) is 5.30. The van der Waals surface area contributed by atoms with E-state index in [1.165, 1.54) is 11.3 Å². The molecule has 0 aliphatic heterocycles. The Kier molecular flexibility index (Phi) is 3.59. The van der Waals surface area contributed by atoms with Crippen LogP contribution in [-0.4, -0.2) is 11.3 Å². The number of rotatable bonds is 3. The van der Waals surface area contributed by atoms with Crippen LogP contribution in [-0.2, 0) is 4.79 Å². The van der Waals surface area contributed by atoms with Gasteiger partial charge in [-0.15, -0.1) is 11.3 Å². The summed E-state index contributed by atoms with van der Waals surface area (Å²) in [4.78, 5) is 15.9. The van der Waals surface area contributed by atoms with Gasteiger partial charge in [0.05, 0.1) is 10.3 Å². The normalized spacial score (nSPS) is 12.4. The first-order chi connectivity index (χ1) is 7.70. The van der Waals surface area contributed by atoms with E-state index in [1.807, 2.05) is 6.07 Å². The third kappa shape index (κ3) is 2.43. The molecular formula is C11H7Cl2NOS. The molecule has 2 heterocycles. The smallest absolute Gasteiger partial charge is 0.132 e. The minimum Gasteiger partial charge on any atom is -0.302 e. The van der Waals surface area contributed by atoms with Crippen LogP contribution in [0.1, 0.15) is 16.4 Å². The van der Waals surface area contributed by atoms with Crippen molar-refractivity contribution in [1.29, 1.82) is 0 Å². The maximum Gasteiger partial charge on any atom is 0.132 e. The highest BCUT2D eigenvalue weighted by atomic mass is 35.5. The molecule has 0 radical (unpaired) electrons. The fourth-order valence-electron chi connectivity index (χ4n) is 1.42. The lowest BCUT2D eigenvalue weighted by Crippen LogP contribution is -2.00. The Hall–Kier alpha value is -0.900. The number of halogens is 2. The Labute approximate surface area is 107 Å². The summed E-state index contributed by atoms with van der Waals surface area (Å²) in [5, 5.41) is 0.381. The highest BCUT2D eigenvalue weighted by molar-refractivity contribution is 7.16. The minimum absolute atomic E-state index is 0.321. The van der Waals surface area contributed by atoms with Crippen LogP contribution in [0.2, 0.25) is 9.49 Å². The van der Waals surface area contributed by atoms with Crippen molar-refractivity contribution >= 4 is 40.8 Å². The van der Waals surface area contributed by atoms with E-state index in [0.717, 1.165) is 16.7 Å². The van der Waals surface area contributed by atoms with Gasteiger partial charge in [0, 0.05) is 11.1 Å². The molecule has 0 amide bonds. The molecule has 0 saturated carbocycles. The monoisotopic (exact) mass is 271 g/mol. The molecular weight excluding hydrogens is 265 g/mol. The van der Waals surface area contributed by atoms with Gasteiger partial charge in [0.1, 0.15) is 11.4 Å². The Morgan fingerprint density at radius 3 is 2.69 bits per heavy atom. The summed E-state index contributed by atoms with van der Waals surface area (Å²) >= 11 is 13.0. The van der Waals surface area contributed by atoms with Crippen molar-refractivity contribution in [3.05, 3.63) is 50.4 Å². The number of thiophene rings is 1. The van der Waals surface area contributed by atoms with Crippen LogP contribution < -0.4 is 0 Å². The lowest BCUT2D eigenvalue weighted by Gasteiger charge is -2.07. The van der Waals surface area contributed by atoms with Gasteiger partial charge in [-0.2, -0.15) is 0 Å². The zero-order chi connectivity index (χ0) is 11.5. The number of carbonyl (C=O) groups is 1. The van der Waals surface area contributed by atoms with Crippen molar-refractivity contribution < 1.29 is 4.79 Å². The summed E-state index contributed by atoms with van der Waals surface area (Å²) in [5.74, 6) is -0.321. The van der Waals surface area contributed by atoms with E-state index in [2.05, 4.69) is 4.98 Å². The number of hydrogen-bond acceptors (Lipinski definition) is 3. The summed E-state index contributed by atoms with van der Waals surface area (Å²) in [7, 11) is 0. The molecule has 1 unspecified atom stereocenters. The summed E-state index contributed by atoms with van der Waals surface area (Å²) in [6.45, 7) is 0. The van der Waals surface area contributed by atoms with Gasteiger partial charge in [-0.25, -0.2) is 4.98 Å². The van der Waals surface area contributed by atoms with Crippen molar-refractivity contribution in [2.45, 2.75) is 5.92 Å². The van der Waals surface area contributed by atoms with Gasteiger partial charge in [0.25, 0.3) is 0 Å². The first kappa shape index (κ1) is 11.6. The second-order valence-electron chi connectivity index (χ2n) is 3.17. The van der Waals surface area contributed by atoms with Crippen LogP contribution in [0.25, 0.3) is 0 Å². The molecule has 1 atom stereocenters. The molecule has 2 nitrogen and oxygen atoms in total. The van der Waals surface area contributed by atoms with Crippen molar-refractivity contribution in [2.75, 3.05) is 0 Å². The fourth-order valence-corrected chi connectivity index (χ4v) is 2.74. The lowest BCUT2D eigenvalue weighted by molar-refractivity contribution is -0.108. The Morgan fingerprint density at radius 1 is 1.31 bits per heavy atom. The van der Waals surface area contributed by atoms with Crippen molar-refractivity contribution in [1.82, 2.24) is 4.98 Å². The zero-order valence-electron chi connectivity index (χ0n) is 8.06. The Bertz CT molecular complexity index is 512. The summed E-state index contributed by atoms with van der Waals surface area (Å²) in [6.07, 6.45) is 2.47. The molecule has 0 bridgehead atoms. The van der Waals surface area contributed by atoms with Gasteiger partial charge in [-0.1, -0.05) is 23.2 Å². The summed E-state index contributed by atoms with van der Waals surface area (Å²) in [6, 6.07) is 7.09. The Morgan fingerprint density at radius 2 is 2.12 bits per heavy atom. The number of aldehydes is 1. The summed E-state index contributed by atoms with van der Waals surface area (Å²) in [5.41, 5.74) is 0.827. The lowest BCUT2D eigenvalue weighted by atomic mass is 10.0. The van der Waals surface area contributed by atoms with Crippen LogP contribution in [0.15, 0.2) is 30.5 Å². The quantitative estimate of drug-likeness (QED) is 0.628. The SMILES string of the molecule is O=CC(c1ccnc(Cl)c1)c1ccc(Cl)s1. The zero-order valence-corrected chi connectivity index (χ0v) is 10.4. The Balaban J connectivity index is 2.40. The molecule has 0 aromatic carbocycles. The molecule has 0 saturated heterocycles. The van der Waals surface area contributed by atoms with E-state index < -0.39 is 0 Å². The first-order valence-electron chi connectivity index (χ1n) is 4.52. The predicted octanol–water partition coefficient (Wildman–Crippen LogP) is 3.78. The maximum atomic E-state index is 11.1. The van der Waals surface area contributed by atoms with E-state index in [1.54, 1.807) is 24.4 Å². The van der Waals surface area contributed by atoms with Gasteiger partial charge in [0.15, 0.2) is 0 Å². The molecule has 2 aromatic heterocycles. The standard InChI is InChI=1S/C11H7Cl2NOS/c12-10-5-7(3-4-14-10)8(6-15)9-1-2-11(13)16-9/h1-6,8H. The molecule has 5 heteroatoms. The van der Waals surface area contributed by atoms with Crippen molar-refractivity contribution in [2.24, 2.45) is 0 Å². The number of pyridine rings is 1. The van der Waals surface area contributed by atoms with Crippen LogP contribution in [0, 0.1) is 0 Å². The number of hydrogen-bond donors (Lipinski definition) is 0. The molecule has 0 N–H and O–H groups in total. The third-order valence-corrected chi connectivity index (χ3v) is 3.67. The van der Waals surface area contributed by atoms with Gasteiger partial charge < -0.3 is 4.79 Å². The topological polar surface area (TPSA) is 30.0 Å². The average molecular weight is 272 g/mol. The van der Waals surface area contributed by atoms with Crippen LogP contribution in [0.4, 0.5) is 0 Å². The molecule has 2 rings (SSSR count). The second kappa shape index (κ2) is 4.95. The molecule has 0 aliphatic rings. The van der Waals surface area contributed by atoms with Crippen LogP contribution in [0.3, 0.4) is 0 Å². The van der Waals surface area contributed by atoms with Crippen molar-refractivity contribution in [3.63, 3.8) is 0 Å². The fraction of sp³-hybridized carbons (Fsp3) is 0.0909. The van der Waals surface area contributed by atoms with Gasteiger partial charge >= 0.3 is 0 Å². The van der Waals surface area contributed by atoms with E-state index in [9.17, 15) is 4.79 Å². The summed E-state index contributed by atoms with van der Waals surface area (Å²) < 4.78 is 0.669. The average Bonchev–Trinajstić information content (AvgIpc) is 2.66. The van der Waals surface area contributed by atoms with E-state index in [-0.39, 0.29) is 5.92 Å². The molecule has 82 valence electrons. The number of aromatic nitrogens is 1. The highest BCUT2D eigenvalue weighted by Crippen LogP contribution is 2.31. The molecule has 0 fully saturated rings. The molecule has 2 aromatic rings. The van der Waals surface area contributed by atoms with Gasteiger partial charge in [-0.05, 0) is 29.8 Å². The molecule has 0 aliphatic carbocycles. The van der Waals surface area contributed by atoms with Crippen LogP contribution in [0.5, 0.6) is 0 Å². The highest BCUT2D eigenvalue weighted by Gasteiger charge is 2.15. The predicted molar refractivity (Wildman–Crippen MR) is 66.5 cm³/mol. The van der Waals surface area contributed by atoms with Crippen molar-refractivity contribution in [3.8, 4) is 0 Å².